The minimum absolute atomic E-state index is 0.229. The molecule has 3 aromatic carbocycles. The molecule has 0 aromatic heterocycles. The molecule has 0 aliphatic carbocycles. The molecule has 0 spiro atoms. The van der Waals surface area contributed by atoms with Gasteiger partial charge in [0.05, 0.1) is 25.4 Å². The van der Waals surface area contributed by atoms with Crippen molar-refractivity contribution in [3.8, 4) is 17.2 Å². The molecule has 1 amide bonds. The quantitative estimate of drug-likeness (QED) is 0.411. The van der Waals surface area contributed by atoms with Crippen molar-refractivity contribution in [2.75, 3.05) is 23.9 Å². The van der Waals surface area contributed by atoms with Crippen LogP contribution in [0.1, 0.15) is 25.5 Å². The number of hydrogen-bond donors (Lipinski definition) is 2. The second-order valence-corrected chi connectivity index (χ2v) is 9.50. The zero-order chi connectivity index (χ0) is 25.4. The number of anilines is 2. The monoisotopic (exact) mass is 523 g/mol. The van der Waals surface area contributed by atoms with Crippen LogP contribution in [0.15, 0.2) is 66.7 Å². The van der Waals surface area contributed by atoms with Crippen LogP contribution in [0.4, 0.5) is 11.4 Å². The lowest BCUT2D eigenvalue weighted by Crippen LogP contribution is -2.72. The zero-order valence-electron chi connectivity index (χ0n) is 20.1. The SMILES string of the molecule is CCOc1cccc2c1O[C@]1(C)[C@@H](C(=O)Nc3ccc(Cl)cc3)[C@@H]2NC(=S)N1c1ccccc1OC. The molecular weight excluding hydrogens is 498 g/mol. The third kappa shape index (κ3) is 4.00. The first-order valence-corrected chi connectivity index (χ1v) is 12.4. The first-order chi connectivity index (χ1) is 17.4. The maximum atomic E-state index is 13.9. The van der Waals surface area contributed by atoms with Crippen molar-refractivity contribution in [2.24, 2.45) is 5.92 Å². The first kappa shape index (κ1) is 24.2. The van der Waals surface area contributed by atoms with Crippen LogP contribution in [0.2, 0.25) is 5.02 Å². The van der Waals surface area contributed by atoms with E-state index in [1.165, 1.54) is 0 Å². The van der Waals surface area contributed by atoms with Gasteiger partial charge in [-0.2, -0.15) is 0 Å². The standard InChI is InChI=1S/C27H26ClN3O4S/c1-4-34-21-11-7-8-18-23-22(25(32)29-17-14-12-16(28)13-15-17)27(2,35-24(18)21)31(26(36)30-23)19-9-5-6-10-20(19)33-3/h5-15,22-23H,4H2,1-3H3,(H,29,32)(H,30,36)/t22-,23-,27-/m1/s1. The molecule has 1 saturated heterocycles. The third-order valence-electron chi connectivity index (χ3n) is 6.51. The van der Waals surface area contributed by atoms with Gasteiger partial charge in [0.1, 0.15) is 11.7 Å². The second kappa shape index (κ2) is 9.52. The molecule has 7 nitrogen and oxygen atoms in total. The molecule has 3 aromatic rings. The molecular formula is C27H26ClN3O4S. The molecule has 3 atom stereocenters. The number of amides is 1. The summed E-state index contributed by atoms with van der Waals surface area (Å²) in [6.45, 7) is 4.27. The molecule has 1 fully saturated rings. The highest BCUT2D eigenvalue weighted by atomic mass is 35.5. The van der Waals surface area contributed by atoms with Gasteiger partial charge in [-0.1, -0.05) is 35.9 Å². The Morgan fingerprint density at radius 3 is 2.58 bits per heavy atom. The number of carbonyl (C=O) groups is 1. The Hall–Kier alpha value is -3.49. The molecule has 186 valence electrons. The van der Waals surface area contributed by atoms with Crippen LogP contribution in [0.5, 0.6) is 17.2 Å². The summed E-state index contributed by atoms with van der Waals surface area (Å²) in [7, 11) is 1.60. The molecule has 0 radical (unpaired) electrons. The number of carbonyl (C=O) groups excluding carboxylic acids is 1. The molecule has 5 rings (SSSR count). The number of halogens is 1. The summed E-state index contributed by atoms with van der Waals surface area (Å²) in [6.07, 6.45) is 0. The first-order valence-electron chi connectivity index (χ1n) is 11.6. The van der Waals surface area contributed by atoms with E-state index in [1.54, 1.807) is 31.4 Å². The van der Waals surface area contributed by atoms with E-state index in [-0.39, 0.29) is 5.91 Å². The number of fused-ring (bicyclic) bond motifs is 4. The Bertz CT molecular complexity index is 1320. The lowest BCUT2D eigenvalue weighted by atomic mass is 9.78. The fraction of sp³-hybridized carbons (Fsp3) is 0.259. The van der Waals surface area contributed by atoms with Gasteiger partial charge in [-0.3, -0.25) is 9.69 Å². The van der Waals surface area contributed by atoms with E-state index in [9.17, 15) is 4.79 Å². The van der Waals surface area contributed by atoms with Crippen LogP contribution in [-0.4, -0.2) is 30.5 Å². The van der Waals surface area contributed by atoms with Crippen molar-refractivity contribution in [2.45, 2.75) is 25.6 Å². The van der Waals surface area contributed by atoms with Gasteiger partial charge in [0.25, 0.3) is 0 Å². The largest absolute Gasteiger partial charge is 0.495 e. The lowest BCUT2D eigenvalue weighted by Gasteiger charge is -2.56. The Kier molecular flexibility index (Phi) is 6.40. The van der Waals surface area contributed by atoms with Crippen molar-refractivity contribution in [3.63, 3.8) is 0 Å². The van der Waals surface area contributed by atoms with E-state index in [4.69, 9.17) is 38.0 Å². The van der Waals surface area contributed by atoms with E-state index in [0.717, 1.165) is 5.56 Å². The number of para-hydroxylation sites is 3. The highest BCUT2D eigenvalue weighted by Gasteiger charge is 2.60. The van der Waals surface area contributed by atoms with E-state index >= 15 is 0 Å². The average Bonchev–Trinajstić information content (AvgIpc) is 2.86. The number of hydrogen-bond acceptors (Lipinski definition) is 5. The minimum Gasteiger partial charge on any atom is -0.495 e. The highest BCUT2D eigenvalue weighted by molar-refractivity contribution is 7.80. The van der Waals surface area contributed by atoms with Gasteiger partial charge in [0.2, 0.25) is 5.91 Å². The molecule has 2 aliphatic rings. The Labute approximate surface area is 220 Å². The van der Waals surface area contributed by atoms with E-state index in [2.05, 4.69) is 10.6 Å². The van der Waals surface area contributed by atoms with Crippen molar-refractivity contribution in [1.29, 1.82) is 0 Å². The van der Waals surface area contributed by atoms with Crippen molar-refractivity contribution in [1.82, 2.24) is 5.32 Å². The fourth-order valence-corrected chi connectivity index (χ4v) is 5.50. The summed E-state index contributed by atoms with van der Waals surface area (Å²) < 4.78 is 18.3. The highest BCUT2D eigenvalue weighted by Crippen LogP contribution is 2.53. The number of thiocarbonyl (C=S) groups is 1. The summed E-state index contributed by atoms with van der Waals surface area (Å²) >= 11 is 11.9. The van der Waals surface area contributed by atoms with E-state index < -0.39 is 17.7 Å². The Balaban J connectivity index is 1.66. The molecule has 0 unspecified atom stereocenters. The van der Waals surface area contributed by atoms with Crippen LogP contribution < -0.4 is 29.7 Å². The topological polar surface area (TPSA) is 72.1 Å². The third-order valence-corrected chi connectivity index (χ3v) is 7.06. The smallest absolute Gasteiger partial charge is 0.236 e. The number of benzene rings is 3. The van der Waals surface area contributed by atoms with Gasteiger partial charge in [0.15, 0.2) is 22.3 Å². The van der Waals surface area contributed by atoms with E-state index in [1.807, 2.05) is 61.2 Å². The molecule has 2 aliphatic heterocycles. The fourth-order valence-electron chi connectivity index (χ4n) is 4.97. The number of methoxy groups -OCH3 is 1. The Morgan fingerprint density at radius 1 is 1.14 bits per heavy atom. The van der Waals surface area contributed by atoms with Crippen molar-refractivity contribution >= 4 is 46.2 Å². The molecule has 9 heteroatoms. The molecule has 36 heavy (non-hydrogen) atoms. The molecule has 2 bridgehead atoms. The van der Waals surface area contributed by atoms with Gasteiger partial charge in [-0.05, 0) is 68.5 Å². The predicted octanol–water partition coefficient (Wildman–Crippen LogP) is 5.55. The summed E-state index contributed by atoms with van der Waals surface area (Å²) in [5.41, 5.74) is 0.904. The van der Waals surface area contributed by atoms with Gasteiger partial charge in [-0.25, -0.2) is 0 Å². The van der Waals surface area contributed by atoms with Crippen molar-refractivity contribution < 1.29 is 19.0 Å². The van der Waals surface area contributed by atoms with Crippen LogP contribution in [0, 0.1) is 5.92 Å². The summed E-state index contributed by atoms with van der Waals surface area (Å²) in [5, 5.41) is 7.45. The van der Waals surface area contributed by atoms with Crippen molar-refractivity contribution in [3.05, 3.63) is 77.3 Å². The maximum absolute atomic E-state index is 13.9. The predicted molar refractivity (Wildman–Crippen MR) is 144 cm³/mol. The van der Waals surface area contributed by atoms with Crippen LogP contribution in [-0.2, 0) is 4.79 Å². The number of nitrogens with zero attached hydrogens (tertiary/aromatic N) is 1. The Morgan fingerprint density at radius 2 is 1.86 bits per heavy atom. The molecule has 0 saturated carbocycles. The minimum atomic E-state index is -1.21. The van der Waals surface area contributed by atoms with Crippen LogP contribution in [0.25, 0.3) is 0 Å². The van der Waals surface area contributed by atoms with Gasteiger partial charge < -0.3 is 24.8 Å². The summed E-state index contributed by atoms with van der Waals surface area (Å²) in [6, 6.07) is 19.7. The summed E-state index contributed by atoms with van der Waals surface area (Å²) in [5.74, 6) is 0.863. The molecule has 2 heterocycles. The second-order valence-electron chi connectivity index (χ2n) is 8.67. The number of rotatable bonds is 6. The molecule has 2 N–H and O–H groups in total. The lowest BCUT2D eigenvalue weighted by molar-refractivity contribution is -0.130. The average molecular weight is 524 g/mol. The zero-order valence-corrected chi connectivity index (χ0v) is 21.7. The van der Waals surface area contributed by atoms with E-state index in [0.29, 0.717) is 45.4 Å². The normalized spacial score (nSPS) is 22.1. The van der Waals surface area contributed by atoms with Gasteiger partial charge in [-0.15, -0.1) is 0 Å². The number of ether oxygens (including phenoxy) is 3. The van der Waals surface area contributed by atoms with Gasteiger partial charge >= 0.3 is 0 Å². The summed E-state index contributed by atoms with van der Waals surface area (Å²) in [4.78, 5) is 15.7. The van der Waals surface area contributed by atoms with Gasteiger partial charge in [0, 0.05) is 16.3 Å². The van der Waals surface area contributed by atoms with Crippen LogP contribution in [0.3, 0.4) is 0 Å². The maximum Gasteiger partial charge on any atom is 0.236 e. The van der Waals surface area contributed by atoms with Crippen LogP contribution >= 0.6 is 23.8 Å². The number of nitrogens with one attached hydrogen (secondary N) is 2.